The topological polar surface area (TPSA) is 33.1 Å². The number of likely N-dealkylation sites (tertiary alicyclic amines) is 1. The molecular formula is C27H31F3N4S. The standard InChI is InChI=1S/C27H31F3N4S/c28-27(29,30)24-12-5-4-11-23(24)20-34-19-16-31-25(34)22-13-17-33(18-14-22)26(35)32-15-7-6-10-21-8-2-1-3-9-21/h1-5,8-9,11-12,16,19,22H,6-7,10,13-15,17-18,20H2,(H,32,35). The minimum absolute atomic E-state index is 0.161. The first kappa shape index (κ1) is 25.2. The van der Waals surface area contributed by atoms with Crippen LogP contribution in [0.15, 0.2) is 67.0 Å². The summed E-state index contributed by atoms with van der Waals surface area (Å²) >= 11 is 5.60. The van der Waals surface area contributed by atoms with Crippen LogP contribution < -0.4 is 5.32 Å². The molecule has 1 aromatic heterocycles. The number of hydrogen-bond acceptors (Lipinski definition) is 2. The van der Waals surface area contributed by atoms with Crippen molar-refractivity contribution in [2.75, 3.05) is 19.6 Å². The first-order valence-corrected chi connectivity index (χ1v) is 12.6. The third-order valence-electron chi connectivity index (χ3n) is 6.57. The number of aromatic nitrogens is 2. The third kappa shape index (κ3) is 6.84. The molecule has 0 radical (unpaired) electrons. The summed E-state index contributed by atoms with van der Waals surface area (Å²) in [6, 6.07) is 16.2. The highest BCUT2D eigenvalue weighted by Crippen LogP contribution is 2.33. The fourth-order valence-corrected chi connectivity index (χ4v) is 4.96. The van der Waals surface area contributed by atoms with Crippen LogP contribution in [0.25, 0.3) is 0 Å². The second kappa shape index (κ2) is 11.7. The SMILES string of the molecule is FC(F)(F)c1ccccc1Cn1ccnc1C1CCN(C(=S)NCCCCc2ccccc2)CC1. The summed E-state index contributed by atoms with van der Waals surface area (Å²) in [5.41, 5.74) is 1.03. The Morgan fingerprint density at radius 3 is 2.46 bits per heavy atom. The average molecular weight is 501 g/mol. The molecule has 8 heteroatoms. The van der Waals surface area contributed by atoms with Gasteiger partial charge in [0.25, 0.3) is 0 Å². The molecule has 0 atom stereocenters. The van der Waals surface area contributed by atoms with Gasteiger partial charge in [0.05, 0.1) is 5.56 Å². The molecule has 4 rings (SSSR count). The quantitative estimate of drug-likeness (QED) is 0.303. The molecule has 0 unspecified atom stereocenters. The van der Waals surface area contributed by atoms with Gasteiger partial charge in [-0.15, -0.1) is 0 Å². The van der Waals surface area contributed by atoms with Crippen molar-refractivity contribution in [1.29, 1.82) is 0 Å². The summed E-state index contributed by atoms with van der Waals surface area (Å²) < 4.78 is 42.1. The molecule has 0 spiro atoms. The van der Waals surface area contributed by atoms with Gasteiger partial charge < -0.3 is 14.8 Å². The minimum atomic E-state index is -4.37. The second-order valence-corrected chi connectivity index (χ2v) is 9.39. The van der Waals surface area contributed by atoms with E-state index in [1.54, 1.807) is 24.5 Å². The Kier molecular flexibility index (Phi) is 8.44. The lowest BCUT2D eigenvalue weighted by Gasteiger charge is -2.34. The number of thiocarbonyl (C=S) groups is 1. The van der Waals surface area contributed by atoms with Crippen molar-refractivity contribution in [3.63, 3.8) is 0 Å². The van der Waals surface area contributed by atoms with E-state index < -0.39 is 11.7 Å². The summed E-state index contributed by atoms with van der Waals surface area (Å²) in [6.07, 6.45) is 4.06. The lowest BCUT2D eigenvalue weighted by Crippen LogP contribution is -2.44. The highest BCUT2D eigenvalue weighted by Gasteiger charge is 2.33. The van der Waals surface area contributed by atoms with Gasteiger partial charge in [0.15, 0.2) is 5.11 Å². The first-order chi connectivity index (χ1) is 16.9. The van der Waals surface area contributed by atoms with E-state index in [1.165, 1.54) is 11.6 Å². The number of piperidine rings is 1. The Morgan fingerprint density at radius 2 is 1.71 bits per heavy atom. The van der Waals surface area contributed by atoms with E-state index in [0.29, 0.717) is 0 Å². The van der Waals surface area contributed by atoms with E-state index in [2.05, 4.69) is 39.5 Å². The minimum Gasteiger partial charge on any atom is -0.363 e. The molecule has 2 aromatic carbocycles. The van der Waals surface area contributed by atoms with Gasteiger partial charge in [0.2, 0.25) is 0 Å². The van der Waals surface area contributed by atoms with Gasteiger partial charge in [-0.3, -0.25) is 0 Å². The van der Waals surface area contributed by atoms with Gasteiger partial charge in [0, 0.05) is 44.5 Å². The smallest absolute Gasteiger partial charge is 0.363 e. The Hall–Kier alpha value is -2.87. The molecule has 0 aliphatic carbocycles. The van der Waals surface area contributed by atoms with E-state index >= 15 is 0 Å². The van der Waals surface area contributed by atoms with E-state index in [4.69, 9.17) is 12.2 Å². The highest BCUT2D eigenvalue weighted by atomic mass is 32.1. The van der Waals surface area contributed by atoms with E-state index in [0.717, 1.165) is 68.7 Å². The average Bonchev–Trinajstić information content (AvgIpc) is 3.32. The zero-order valence-electron chi connectivity index (χ0n) is 19.7. The van der Waals surface area contributed by atoms with Gasteiger partial charge in [-0.1, -0.05) is 48.5 Å². The number of rotatable bonds is 8. The molecule has 4 nitrogen and oxygen atoms in total. The maximum Gasteiger partial charge on any atom is 0.416 e. The van der Waals surface area contributed by atoms with Crippen molar-refractivity contribution in [1.82, 2.24) is 19.8 Å². The van der Waals surface area contributed by atoms with Crippen LogP contribution in [0.4, 0.5) is 13.2 Å². The number of imidazole rings is 1. The van der Waals surface area contributed by atoms with Crippen LogP contribution in [0.5, 0.6) is 0 Å². The monoisotopic (exact) mass is 500 g/mol. The molecule has 1 saturated heterocycles. The first-order valence-electron chi connectivity index (χ1n) is 12.1. The van der Waals surface area contributed by atoms with E-state index in [-0.39, 0.29) is 18.0 Å². The summed E-state index contributed by atoms with van der Waals surface area (Å²) in [5, 5.41) is 4.17. The molecule has 1 aliphatic heterocycles. The van der Waals surface area contributed by atoms with Crippen molar-refractivity contribution in [3.05, 3.63) is 89.5 Å². The summed E-state index contributed by atoms with van der Waals surface area (Å²) in [5.74, 6) is 1.05. The Morgan fingerprint density at radius 1 is 1.00 bits per heavy atom. The highest BCUT2D eigenvalue weighted by molar-refractivity contribution is 7.80. The molecule has 1 N–H and O–H groups in total. The van der Waals surface area contributed by atoms with Crippen LogP contribution in [0.2, 0.25) is 0 Å². The van der Waals surface area contributed by atoms with Crippen LogP contribution in [0.1, 0.15) is 54.1 Å². The molecule has 3 aromatic rings. The molecule has 1 aliphatic rings. The van der Waals surface area contributed by atoms with Crippen molar-refractivity contribution in [2.45, 2.75) is 50.7 Å². The van der Waals surface area contributed by atoms with Crippen LogP contribution in [0, 0.1) is 0 Å². The Bertz CT molecular complexity index is 1090. The fourth-order valence-electron chi connectivity index (χ4n) is 4.68. The zero-order chi connectivity index (χ0) is 24.7. The zero-order valence-corrected chi connectivity index (χ0v) is 20.5. The van der Waals surface area contributed by atoms with E-state index in [9.17, 15) is 13.2 Å². The van der Waals surface area contributed by atoms with Gasteiger partial charge in [-0.25, -0.2) is 4.98 Å². The normalized spacial score (nSPS) is 14.8. The number of nitrogens with one attached hydrogen (secondary N) is 1. The fraction of sp³-hybridized carbons (Fsp3) is 0.407. The number of aryl methyl sites for hydroxylation is 1. The third-order valence-corrected chi connectivity index (χ3v) is 6.97. The predicted molar refractivity (Wildman–Crippen MR) is 136 cm³/mol. The van der Waals surface area contributed by atoms with Gasteiger partial charge in [-0.05, 0) is 61.5 Å². The molecule has 0 saturated carbocycles. The number of hydrogen-bond donors (Lipinski definition) is 1. The lowest BCUT2D eigenvalue weighted by atomic mass is 9.96. The Labute approximate surface area is 210 Å². The van der Waals surface area contributed by atoms with Crippen LogP contribution in [0.3, 0.4) is 0 Å². The predicted octanol–water partition coefficient (Wildman–Crippen LogP) is 6.03. The number of unbranched alkanes of at least 4 members (excludes halogenated alkanes) is 1. The molecule has 186 valence electrons. The van der Waals surface area contributed by atoms with Crippen LogP contribution >= 0.6 is 12.2 Å². The summed E-state index contributed by atoms with van der Waals surface area (Å²) in [7, 11) is 0. The molecule has 35 heavy (non-hydrogen) atoms. The molecule has 0 bridgehead atoms. The van der Waals surface area contributed by atoms with Gasteiger partial charge in [0.1, 0.15) is 5.82 Å². The largest absolute Gasteiger partial charge is 0.416 e. The van der Waals surface area contributed by atoms with Gasteiger partial charge in [-0.2, -0.15) is 13.2 Å². The van der Waals surface area contributed by atoms with E-state index in [1.807, 2.05) is 10.6 Å². The molecule has 2 heterocycles. The van der Waals surface area contributed by atoms with Crippen molar-refractivity contribution in [2.24, 2.45) is 0 Å². The van der Waals surface area contributed by atoms with Crippen LogP contribution in [-0.2, 0) is 19.1 Å². The molecular weight excluding hydrogens is 469 g/mol. The molecule has 1 fully saturated rings. The van der Waals surface area contributed by atoms with Crippen molar-refractivity contribution < 1.29 is 13.2 Å². The lowest BCUT2D eigenvalue weighted by molar-refractivity contribution is -0.138. The van der Waals surface area contributed by atoms with Crippen LogP contribution in [-0.4, -0.2) is 39.2 Å². The summed E-state index contributed by atoms with van der Waals surface area (Å²) in [6.45, 7) is 2.64. The molecule has 0 amide bonds. The number of benzene rings is 2. The van der Waals surface area contributed by atoms with Crippen molar-refractivity contribution in [3.8, 4) is 0 Å². The number of nitrogens with zero attached hydrogens (tertiary/aromatic N) is 3. The van der Waals surface area contributed by atoms with Crippen molar-refractivity contribution >= 4 is 17.3 Å². The summed E-state index contributed by atoms with van der Waals surface area (Å²) in [4.78, 5) is 6.70. The van der Waals surface area contributed by atoms with Gasteiger partial charge >= 0.3 is 6.18 Å². The number of halogens is 3. The Balaban J connectivity index is 1.25. The number of alkyl halides is 3. The maximum absolute atomic E-state index is 13.4. The second-order valence-electron chi connectivity index (χ2n) is 9.00. The maximum atomic E-state index is 13.4.